The second kappa shape index (κ2) is 30.1. The second-order valence-electron chi connectivity index (χ2n) is 14.7. The summed E-state index contributed by atoms with van der Waals surface area (Å²) in [5, 5.41) is 8.72. The zero-order valence-electron chi connectivity index (χ0n) is 35.6. The summed E-state index contributed by atoms with van der Waals surface area (Å²) in [6.45, 7) is 20.5. The maximum Gasteiger partial charge on any atom is 0.474 e. The number of phosphoric ester groups is 1. The minimum absolute atomic E-state index is 0.0165. The van der Waals surface area contributed by atoms with Crippen molar-refractivity contribution in [2.75, 3.05) is 39.7 Å². The van der Waals surface area contributed by atoms with E-state index in [-0.39, 0.29) is 37.4 Å². The van der Waals surface area contributed by atoms with Crippen molar-refractivity contribution >= 4 is 27.0 Å². The monoisotopic (exact) mass is 812 g/mol. The normalized spacial score (nSPS) is 13.6. The molecule has 0 bridgehead atoms. The Labute approximate surface area is 333 Å². The smallest absolute Gasteiger partial charge is 0.396 e. The van der Waals surface area contributed by atoms with Gasteiger partial charge >= 0.3 is 15.4 Å². The molecule has 0 radical (unpaired) electrons. The first kappa shape index (κ1) is 53.0. The van der Waals surface area contributed by atoms with Crippen LogP contribution >= 0.6 is 15.4 Å². The van der Waals surface area contributed by atoms with E-state index in [1.807, 2.05) is 13.8 Å². The summed E-state index contributed by atoms with van der Waals surface area (Å²) in [5.74, 6) is 1.75. The van der Waals surface area contributed by atoms with Crippen LogP contribution in [-0.4, -0.2) is 61.3 Å². The number of unbranched alkanes of at least 4 members (excludes halogenated alkanes) is 4. The molecule has 0 saturated carbocycles. The van der Waals surface area contributed by atoms with Crippen molar-refractivity contribution in [2.45, 2.75) is 138 Å². The summed E-state index contributed by atoms with van der Waals surface area (Å²) < 4.78 is 42.1. The van der Waals surface area contributed by atoms with Crippen LogP contribution in [0.5, 0.6) is 0 Å². The molecule has 0 saturated heterocycles. The maximum absolute atomic E-state index is 12.5. The zero-order valence-corrected chi connectivity index (χ0v) is 37.4. The van der Waals surface area contributed by atoms with Crippen LogP contribution in [0.4, 0.5) is 0 Å². The molecule has 0 aliphatic carbocycles. The van der Waals surface area contributed by atoms with Crippen LogP contribution in [0, 0.1) is 11.8 Å². The van der Waals surface area contributed by atoms with Crippen molar-refractivity contribution < 1.29 is 46.8 Å². The third kappa shape index (κ3) is 26.5. The van der Waals surface area contributed by atoms with Crippen LogP contribution in [0.15, 0.2) is 48.5 Å². The Balaban J connectivity index is 0.000000936. The lowest BCUT2D eigenvalue weighted by Gasteiger charge is -2.16. The molecule has 2 aromatic rings. The Bertz CT molecular complexity index is 1380. The minimum atomic E-state index is -3.42. The molecule has 0 aliphatic heterocycles. The van der Waals surface area contributed by atoms with Gasteiger partial charge in [-0.25, -0.2) is 4.57 Å². The number of aliphatic hydroxyl groups excluding tert-OH is 1. The van der Waals surface area contributed by atoms with Crippen molar-refractivity contribution in [3.63, 3.8) is 0 Å². The molecule has 3 unspecified atom stereocenters. The Kier molecular flexibility index (Phi) is 29.0. The molecule has 0 aliphatic rings. The quantitative estimate of drug-likeness (QED) is 0.0695. The average molecular weight is 813 g/mol. The molecule has 55 heavy (non-hydrogen) atoms. The van der Waals surface area contributed by atoms with Gasteiger partial charge < -0.3 is 14.5 Å². The Morgan fingerprint density at radius 3 is 1.27 bits per heavy atom. The number of hydrogen-bond donors (Lipinski definition) is 2. The molecule has 0 spiro atoms. The molecule has 2 rings (SSSR count). The van der Waals surface area contributed by atoms with E-state index >= 15 is 0 Å². The highest BCUT2D eigenvalue weighted by Gasteiger charge is 2.25. The number of Topliss-reactive ketones (excluding diaryl/α,β-unsaturated/α-hetero) is 2. The molecule has 0 amide bonds. The van der Waals surface area contributed by atoms with E-state index in [4.69, 9.17) is 23.6 Å². The van der Waals surface area contributed by atoms with Crippen LogP contribution < -0.4 is 0 Å². The van der Waals surface area contributed by atoms with E-state index in [0.29, 0.717) is 43.7 Å². The number of benzene rings is 2. The topological polar surface area (TPSA) is 146 Å². The number of aliphatic hydroxyl groups is 1. The lowest BCUT2D eigenvalue weighted by molar-refractivity contribution is -0.121. The van der Waals surface area contributed by atoms with E-state index in [1.165, 1.54) is 11.1 Å². The van der Waals surface area contributed by atoms with Gasteiger partial charge in [0.15, 0.2) is 0 Å². The zero-order chi connectivity index (χ0) is 41.9. The fourth-order valence-electron chi connectivity index (χ4n) is 5.64. The van der Waals surface area contributed by atoms with Crippen LogP contribution in [0.1, 0.15) is 148 Å². The third-order valence-corrected chi connectivity index (χ3v) is 10.9. The molecular weight excluding hydrogens is 738 g/mol. The number of phosphoric acid groups is 1. The predicted molar refractivity (Wildman–Crippen MR) is 225 cm³/mol. The summed E-state index contributed by atoms with van der Waals surface area (Å²) in [4.78, 5) is 32.9. The molecule has 3 atom stereocenters. The third-order valence-electron chi connectivity index (χ3n) is 8.55. The van der Waals surface area contributed by atoms with Crippen LogP contribution in [0.2, 0.25) is 0 Å². The molecule has 0 fully saturated rings. The lowest BCUT2D eigenvalue weighted by Crippen LogP contribution is -2.09. The summed E-state index contributed by atoms with van der Waals surface area (Å²) in [7, 11) is -6.59. The molecular formula is C43H74O10P2. The summed E-state index contributed by atoms with van der Waals surface area (Å²) in [6.07, 6.45) is 8.28. The highest BCUT2D eigenvalue weighted by atomic mass is 31.2. The molecule has 12 heteroatoms. The van der Waals surface area contributed by atoms with Gasteiger partial charge in [-0.2, -0.15) is 0 Å². The number of ketones is 2. The van der Waals surface area contributed by atoms with E-state index in [9.17, 15) is 18.7 Å². The van der Waals surface area contributed by atoms with Crippen LogP contribution in [-0.2, 0) is 49.7 Å². The number of carbonyl (C=O) groups excluding carboxylic acids is 2. The van der Waals surface area contributed by atoms with Crippen molar-refractivity contribution in [2.24, 2.45) is 11.8 Å². The van der Waals surface area contributed by atoms with Gasteiger partial charge in [0.2, 0.25) is 0 Å². The first-order chi connectivity index (χ1) is 25.9. The van der Waals surface area contributed by atoms with Gasteiger partial charge in [0, 0.05) is 37.9 Å². The van der Waals surface area contributed by atoms with Gasteiger partial charge in [0.1, 0.15) is 11.6 Å². The van der Waals surface area contributed by atoms with E-state index in [0.717, 1.165) is 69.2 Å². The number of hydrogen-bond acceptors (Lipinski definition) is 9. The van der Waals surface area contributed by atoms with Gasteiger partial charge in [-0.05, 0) is 93.4 Å². The second-order valence-corrected chi connectivity index (χ2v) is 18.3. The lowest BCUT2D eigenvalue weighted by atomic mass is 9.92. The van der Waals surface area contributed by atoms with Crippen LogP contribution in [0.25, 0.3) is 0 Å². The largest absolute Gasteiger partial charge is 0.474 e. The predicted octanol–water partition coefficient (Wildman–Crippen LogP) is 11.3. The van der Waals surface area contributed by atoms with E-state index in [1.54, 1.807) is 20.8 Å². The molecule has 0 heterocycles. The number of carbonyl (C=O) groups is 2. The number of rotatable bonds is 26. The van der Waals surface area contributed by atoms with E-state index < -0.39 is 15.4 Å². The minimum Gasteiger partial charge on any atom is -0.396 e. The maximum atomic E-state index is 12.5. The first-order valence-electron chi connectivity index (χ1n) is 20.2. The first-order valence-corrected chi connectivity index (χ1v) is 23.7. The fourth-order valence-corrected chi connectivity index (χ4v) is 7.33. The Morgan fingerprint density at radius 1 is 0.582 bits per heavy atom. The molecule has 316 valence electrons. The van der Waals surface area contributed by atoms with Crippen molar-refractivity contribution in [3.05, 3.63) is 70.8 Å². The Hall–Kier alpha value is -2.00. The van der Waals surface area contributed by atoms with Gasteiger partial charge in [-0.3, -0.25) is 27.7 Å². The van der Waals surface area contributed by atoms with Gasteiger partial charge in [0.05, 0.1) is 26.4 Å². The summed E-state index contributed by atoms with van der Waals surface area (Å²) in [5.41, 5.74) is 4.85. The highest BCUT2D eigenvalue weighted by Crippen LogP contribution is 2.49. The molecule has 2 N–H and O–H groups in total. The van der Waals surface area contributed by atoms with Gasteiger partial charge in [0.25, 0.3) is 0 Å². The fraction of sp³-hybridized carbons (Fsp3) is 0.674. The van der Waals surface area contributed by atoms with Crippen molar-refractivity contribution in [1.29, 1.82) is 0 Å². The van der Waals surface area contributed by atoms with Crippen molar-refractivity contribution in [1.82, 2.24) is 0 Å². The average Bonchev–Trinajstić information content (AvgIpc) is 3.11. The van der Waals surface area contributed by atoms with Gasteiger partial charge in [-0.15, -0.1) is 0 Å². The SMILES string of the molecule is CC(C)Cc1ccc(C(C)C(=O)CCCCCO)cc1.CCOP(=O)(OCC)OCCCCCC(=O)C(C)c1ccc(CC(C)C)cc1.CCOP(C)(=O)O. The summed E-state index contributed by atoms with van der Waals surface area (Å²) in [6, 6.07) is 16.9. The standard InChI is InChI=1S/C22H37O5P.C18H28O2.C3H9O3P/c1-6-25-28(24,26-7-2)27-16-10-8-9-11-22(23)19(5)21-14-12-20(13-15-21)17-18(3)4;1-14(2)13-16-8-10-17(11-9-16)15(3)18(20)7-5-4-6-12-19;1-3-6-7(2,4)5/h12-15,18-19H,6-11,16-17H2,1-5H3;8-11,14-15,19H,4-7,12-13H2,1-3H3;3H2,1-2H3,(H,4,5). The molecule has 10 nitrogen and oxygen atoms in total. The molecule has 2 aromatic carbocycles. The highest BCUT2D eigenvalue weighted by molar-refractivity contribution is 7.51. The Morgan fingerprint density at radius 2 is 0.964 bits per heavy atom. The van der Waals surface area contributed by atoms with E-state index in [2.05, 4.69) is 80.7 Å². The van der Waals surface area contributed by atoms with Crippen LogP contribution in [0.3, 0.4) is 0 Å². The van der Waals surface area contributed by atoms with Crippen molar-refractivity contribution in [3.8, 4) is 0 Å². The van der Waals surface area contributed by atoms with Gasteiger partial charge in [-0.1, -0.05) is 103 Å². The molecule has 0 aromatic heterocycles. The summed E-state index contributed by atoms with van der Waals surface area (Å²) >= 11 is 0.